The highest BCUT2D eigenvalue weighted by Crippen LogP contribution is 2.39. The molecule has 2 atom stereocenters. The maximum absolute atomic E-state index is 13.5. The van der Waals surface area contributed by atoms with Crippen molar-refractivity contribution in [3.63, 3.8) is 0 Å². The Labute approximate surface area is 211 Å². The number of piperazine rings is 1. The Balaban J connectivity index is 1.34. The minimum absolute atomic E-state index is 0.00407. The second-order valence-electron chi connectivity index (χ2n) is 9.38. The van der Waals surface area contributed by atoms with Crippen molar-refractivity contribution in [1.29, 1.82) is 0 Å². The van der Waals surface area contributed by atoms with E-state index in [1.165, 1.54) is 12.1 Å². The molecule has 1 N–H and O–H groups in total. The van der Waals surface area contributed by atoms with Gasteiger partial charge in [0, 0.05) is 43.6 Å². The lowest BCUT2D eigenvalue weighted by molar-refractivity contribution is -0.125. The third-order valence-electron chi connectivity index (χ3n) is 7.33. The molecule has 1 saturated heterocycles. The molecule has 36 heavy (non-hydrogen) atoms. The molecule has 5 rings (SSSR count). The molecule has 0 bridgehead atoms. The van der Waals surface area contributed by atoms with Crippen molar-refractivity contribution in [2.24, 2.45) is 5.92 Å². The number of anilines is 2. The van der Waals surface area contributed by atoms with Crippen molar-refractivity contribution in [1.82, 2.24) is 5.32 Å². The Kier molecular flexibility index (Phi) is 6.98. The molecule has 1 amide bonds. The van der Waals surface area contributed by atoms with Crippen molar-refractivity contribution < 1.29 is 18.7 Å². The van der Waals surface area contributed by atoms with Gasteiger partial charge in [0.1, 0.15) is 17.3 Å². The Morgan fingerprint density at radius 2 is 1.69 bits per heavy atom. The zero-order valence-electron chi connectivity index (χ0n) is 20.7. The van der Waals surface area contributed by atoms with E-state index in [1.54, 1.807) is 14.2 Å². The number of fused-ring (bicyclic) bond motifs is 3. The minimum Gasteiger partial charge on any atom is -0.497 e. The summed E-state index contributed by atoms with van der Waals surface area (Å²) < 4.78 is 24.2. The van der Waals surface area contributed by atoms with Crippen molar-refractivity contribution in [2.45, 2.75) is 18.9 Å². The molecular weight excluding hydrogens is 457 g/mol. The molecular formula is C29H32FN3O3. The second-order valence-corrected chi connectivity index (χ2v) is 9.38. The van der Waals surface area contributed by atoms with Crippen LogP contribution in [0.2, 0.25) is 0 Å². The average molecular weight is 490 g/mol. The second kappa shape index (κ2) is 10.5. The lowest BCUT2D eigenvalue weighted by atomic mass is 9.83. The standard InChI is InChI=1S/C29H32FN3O3/c1-35-24-10-3-20(4-11-24)13-14-31-29(34)26-17-21-5-12-25(36-2)18-27(21)33-16-15-32(19-28(26)33)23-8-6-22(30)7-9-23/h3-12,18,26,28H,13-17,19H2,1-2H3,(H,31,34)/t26-,28+/m1/s1. The van der Waals surface area contributed by atoms with Crippen LogP contribution >= 0.6 is 0 Å². The third kappa shape index (κ3) is 4.96. The van der Waals surface area contributed by atoms with Gasteiger partial charge in [0.2, 0.25) is 5.91 Å². The number of nitrogens with zero attached hydrogens (tertiary/aromatic N) is 2. The van der Waals surface area contributed by atoms with E-state index in [0.717, 1.165) is 53.5 Å². The molecule has 3 aromatic rings. The summed E-state index contributed by atoms with van der Waals surface area (Å²) in [6.07, 6.45) is 1.43. The van der Waals surface area contributed by atoms with E-state index in [2.05, 4.69) is 27.2 Å². The van der Waals surface area contributed by atoms with E-state index in [1.807, 2.05) is 42.5 Å². The number of ether oxygens (including phenoxy) is 2. The highest BCUT2D eigenvalue weighted by atomic mass is 19.1. The first-order chi connectivity index (χ1) is 17.6. The molecule has 3 aromatic carbocycles. The molecule has 0 saturated carbocycles. The Bertz CT molecular complexity index is 1200. The summed E-state index contributed by atoms with van der Waals surface area (Å²) in [5, 5.41) is 3.19. The summed E-state index contributed by atoms with van der Waals surface area (Å²) >= 11 is 0. The van der Waals surface area contributed by atoms with Crippen LogP contribution in [-0.4, -0.2) is 52.3 Å². The molecule has 7 heteroatoms. The van der Waals surface area contributed by atoms with Crippen LogP contribution in [0.3, 0.4) is 0 Å². The number of rotatable bonds is 7. The number of halogens is 1. The molecule has 188 valence electrons. The summed E-state index contributed by atoms with van der Waals surface area (Å²) in [4.78, 5) is 18.1. The van der Waals surface area contributed by atoms with Crippen LogP contribution in [0.5, 0.6) is 11.5 Å². The predicted octanol–water partition coefficient (Wildman–Crippen LogP) is 4.07. The van der Waals surface area contributed by atoms with Gasteiger partial charge in [-0.3, -0.25) is 4.79 Å². The molecule has 2 aliphatic heterocycles. The number of methoxy groups -OCH3 is 2. The molecule has 0 radical (unpaired) electrons. The first-order valence-electron chi connectivity index (χ1n) is 12.4. The number of hydrogen-bond acceptors (Lipinski definition) is 5. The summed E-state index contributed by atoms with van der Waals surface area (Å²) in [7, 11) is 3.33. The van der Waals surface area contributed by atoms with E-state index >= 15 is 0 Å². The van der Waals surface area contributed by atoms with Gasteiger partial charge in [-0.1, -0.05) is 18.2 Å². The fourth-order valence-electron chi connectivity index (χ4n) is 5.34. The van der Waals surface area contributed by atoms with Crippen LogP contribution in [0.1, 0.15) is 11.1 Å². The fourth-order valence-corrected chi connectivity index (χ4v) is 5.34. The molecule has 0 aromatic heterocycles. The molecule has 6 nitrogen and oxygen atoms in total. The minimum atomic E-state index is -0.245. The summed E-state index contributed by atoms with van der Waals surface area (Å²) in [5.41, 5.74) is 4.43. The largest absolute Gasteiger partial charge is 0.497 e. The van der Waals surface area contributed by atoms with Crippen LogP contribution in [0.4, 0.5) is 15.8 Å². The quantitative estimate of drug-likeness (QED) is 0.542. The predicted molar refractivity (Wildman–Crippen MR) is 140 cm³/mol. The maximum atomic E-state index is 13.5. The number of carbonyl (C=O) groups excluding carboxylic acids is 1. The Morgan fingerprint density at radius 1 is 0.972 bits per heavy atom. The maximum Gasteiger partial charge on any atom is 0.225 e. The highest BCUT2D eigenvalue weighted by molar-refractivity contribution is 5.82. The Morgan fingerprint density at radius 3 is 2.42 bits per heavy atom. The first-order valence-corrected chi connectivity index (χ1v) is 12.4. The van der Waals surface area contributed by atoms with E-state index in [4.69, 9.17) is 9.47 Å². The molecule has 0 spiro atoms. The number of benzene rings is 3. The molecule has 0 unspecified atom stereocenters. The van der Waals surface area contributed by atoms with Gasteiger partial charge in [0.15, 0.2) is 0 Å². The van der Waals surface area contributed by atoms with Gasteiger partial charge in [-0.25, -0.2) is 4.39 Å². The van der Waals surface area contributed by atoms with E-state index in [-0.39, 0.29) is 23.7 Å². The lowest BCUT2D eigenvalue weighted by Crippen LogP contribution is -2.61. The fraction of sp³-hybridized carbons (Fsp3) is 0.345. The SMILES string of the molecule is COc1ccc(CCNC(=O)[C@@H]2Cc3ccc(OC)cc3N3CCN(c4ccc(F)cc4)C[C@@H]23)cc1. The normalized spacial score (nSPS) is 18.8. The van der Waals surface area contributed by atoms with Crippen molar-refractivity contribution in [3.8, 4) is 11.5 Å². The summed E-state index contributed by atoms with van der Waals surface area (Å²) in [5.74, 6) is 1.27. The van der Waals surface area contributed by atoms with Gasteiger partial charge in [0.25, 0.3) is 0 Å². The van der Waals surface area contributed by atoms with Gasteiger partial charge >= 0.3 is 0 Å². The number of carbonyl (C=O) groups is 1. The van der Waals surface area contributed by atoms with Gasteiger partial charge in [-0.15, -0.1) is 0 Å². The molecule has 0 aliphatic carbocycles. The van der Waals surface area contributed by atoms with E-state index < -0.39 is 0 Å². The first kappa shape index (κ1) is 24.0. The van der Waals surface area contributed by atoms with Crippen molar-refractivity contribution in [3.05, 3.63) is 83.7 Å². The van der Waals surface area contributed by atoms with Crippen LogP contribution in [0.15, 0.2) is 66.7 Å². The molecule has 2 heterocycles. The van der Waals surface area contributed by atoms with Gasteiger partial charge in [0.05, 0.1) is 26.2 Å². The molecule has 2 aliphatic rings. The number of amides is 1. The zero-order chi connectivity index (χ0) is 25.1. The van der Waals surface area contributed by atoms with Crippen molar-refractivity contribution in [2.75, 3.05) is 50.2 Å². The van der Waals surface area contributed by atoms with Gasteiger partial charge < -0.3 is 24.6 Å². The van der Waals surface area contributed by atoms with E-state index in [0.29, 0.717) is 19.5 Å². The zero-order valence-corrected chi connectivity index (χ0v) is 20.7. The van der Waals surface area contributed by atoms with Crippen molar-refractivity contribution >= 4 is 17.3 Å². The van der Waals surface area contributed by atoms with Gasteiger partial charge in [-0.2, -0.15) is 0 Å². The third-order valence-corrected chi connectivity index (χ3v) is 7.33. The van der Waals surface area contributed by atoms with E-state index in [9.17, 15) is 9.18 Å². The monoisotopic (exact) mass is 489 g/mol. The number of hydrogen-bond donors (Lipinski definition) is 1. The summed E-state index contributed by atoms with van der Waals surface area (Å²) in [6.45, 7) is 2.84. The average Bonchev–Trinajstić information content (AvgIpc) is 2.92. The van der Waals surface area contributed by atoms with Crippen LogP contribution in [0.25, 0.3) is 0 Å². The highest BCUT2D eigenvalue weighted by Gasteiger charge is 2.41. The summed E-state index contributed by atoms with van der Waals surface area (Å²) in [6, 6.07) is 20.7. The Hall–Kier alpha value is -3.74. The number of nitrogens with one attached hydrogen (secondary N) is 1. The van der Waals surface area contributed by atoms with Crippen LogP contribution < -0.4 is 24.6 Å². The lowest BCUT2D eigenvalue weighted by Gasteiger charge is -2.49. The van der Waals surface area contributed by atoms with Gasteiger partial charge in [-0.05, 0) is 66.4 Å². The molecule has 1 fully saturated rings. The van der Waals surface area contributed by atoms with Crippen LogP contribution in [-0.2, 0) is 17.6 Å². The topological polar surface area (TPSA) is 54.0 Å². The van der Waals surface area contributed by atoms with Crippen LogP contribution in [0, 0.1) is 11.7 Å². The smallest absolute Gasteiger partial charge is 0.225 e.